The van der Waals surface area contributed by atoms with E-state index < -0.39 is 0 Å². The predicted molar refractivity (Wildman–Crippen MR) is 107 cm³/mol. The van der Waals surface area contributed by atoms with E-state index in [1.54, 1.807) is 17.3 Å². The van der Waals surface area contributed by atoms with E-state index in [0.717, 1.165) is 11.4 Å². The van der Waals surface area contributed by atoms with E-state index in [9.17, 15) is 4.79 Å². The highest BCUT2D eigenvalue weighted by molar-refractivity contribution is 6.06. The van der Waals surface area contributed by atoms with E-state index >= 15 is 0 Å². The lowest BCUT2D eigenvalue weighted by Crippen LogP contribution is -2.30. The van der Waals surface area contributed by atoms with E-state index in [1.165, 1.54) is 11.1 Å². The number of para-hydroxylation sites is 1. The van der Waals surface area contributed by atoms with Crippen molar-refractivity contribution >= 4 is 17.3 Å². The Morgan fingerprint density at radius 1 is 1.04 bits per heavy atom. The number of nitrogens with one attached hydrogen (secondary N) is 1. The molecule has 1 N–H and O–H groups in total. The highest BCUT2D eigenvalue weighted by Crippen LogP contribution is 2.18. The molecule has 0 aliphatic carbocycles. The van der Waals surface area contributed by atoms with Crippen LogP contribution in [0.4, 0.5) is 11.4 Å². The molecule has 2 aromatic carbocycles. The van der Waals surface area contributed by atoms with Gasteiger partial charge < -0.3 is 10.2 Å². The number of carbonyl (C=O) groups is 1. The number of pyridine rings is 1. The Bertz CT molecular complexity index is 877. The summed E-state index contributed by atoms with van der Waals surface area (Å²) < 4.78 is 0. The Kier molecular flexibility index (Phi) is 5.64. The Hall–Kier alpha value is -3.14. The number of rotatable bonds is 6. The molecular formula is C22H23N3O. The second-order valence-electron chi connectivity index (χ2n) is 6.19. The highest BCUT2D eigenvalue weighted by atomic mass is 16.2. The van der Waals surface area contributed by atoms with Crippen molar-refractivity contribution in [3.8, 4) is 0 Å². The first kappa shape index (κ1) is 17.7. The van der Waals surface area contributed by atoms with Gasteiger partial charge in [-0.25, -0.2) is 0 Å². The van der Waals surface area contributed by atoms with Crippen LogP contribution in [0.25, 0.3) is 0 Å². The lowest BCUT2D eigenvalue weighted by atomic mass is 10.1. The largest absolute Gasteiger partial charge is 0.380 e. The number of hydrogen-bond acceptors (Lipinski definition) is 3. The Balaban J connectivity index is 1.74. The van der Waals surface area contributed by atoms with Crippen LogP contribution in [0.15, 0.2) is 73.1 Å². The van der Waals surface area contributed by atoms with E-state index in [2.05, 4.69) is 35.4 Å². The molecule has 0 atom stereocenters. The van der Waals surface area contributed by atoms with Gasteiger partial charge in [-0.2, -0.15) is 0 Å². The lowest BCUT2D eigenvalue weighted by Gasteiger charge is -2.21. The number of aromatic nitrogens is 1. The molecule has 4 nitrogen and oxygen atoms in total. The molecule has 0 fully saturated rings. The molecule has 4 heteroatoms. The molecule has 132 valence electrons. The molecule has 1 amide bonds. The van der Waals surface area contributed by atoms with Crippen molar-refractivity contribution in [1.82, 2.24) is 4.98 Å². The van der Waals surface area contributed by atoms with Crippen molar-refractivity contribution in [3.05, 3.63) is 89.7 Å². The Labute approximate surface area is 154 Å². The van der Waals surface area contributed by atoms with Gasteiger partial charge in [0.15, 0.2) is 0 Å². The third-order valence-corrected chi connectivity index (χ3v) is 4.19. The fraction of sp³-hybridized carbons (Fsp3) is 0.182. The van der Waals surface area contributed by atoms with Crippen molar-refractivity contribution < 1.29 is 4.79 Å². The summed E-state index contributed by atoms with van der Waals surface area (Å²) >= 11 is 0. The highest BCUT2D eigenvalue weighted by Gasteiger charge is 2.16. The molecule has 3 aromatic rings. The van der Waals surface area contributed by atoms with Crippen LogP contribution >= 0.6 is 0 Å². The van der Waals surface area contributed by atoms with Gasteiger partial charge in [0.05, 0.1) is 11.3 Å². The van der Waals surface area contributed by atoms with Gasteiger partial charge in [-0.15, -0.1) is 0 Å². The second-order valence-corrected chi connectivity index (χ2v) is 6.19. The summed E-state index contributed by atoms with van der Waals surface area (Å²) in [5.74, 6) is -0.0506. The number of benzene rings is 2. The topological polar surface area (TPSA) is 45.2 Å². The molecule has 0 unspecified atom stereocenters. The summed E-state index contributed by atoms with van der Waals surface area (Å²) in [7, 11) is 0. The summed E-state index contributed by atoms with van der Waals surface area (Å²) in [5, 5.41) is 3.35. The van der Waals surface area contributed by atoms with Crippen LogP contribution < -0.4 is 10.2 Å². The van der Waals surface area contributed by atoms with Crippen LogP contribution in [0, 0.1) is 6.92 Å². The van der Waals surface area contributed by atoms with Gasteiger partial charge in [0.25, 0.3) is 5.91 Å². The number of hydrogen-bond donors (Lipinski definition) is 1. The zero-order chi connectivity index (χ0) is 18.4. The first-order valence-electron chi connectivity index (χ1n) is 8.78. The van der Waals surface area contributed by atoms with Crippen molar-refractivity contribution in [2.45, 2.75) is 20.4 Å². The molecule has 0 aliphatic rings. The third-order valence-electron chi connectivity index (χ3n) is 4.19. The molecule has 0 bridgehead atoms. The molecular weight excluding hydrogens is 322 g/mol. The van der Waals surface area contributed by atoms with Crippen LogP contribution in [0.1, 0.15) is 28.4 Å². The average Bonchev–Trinajstić information content (AvgIpc) is 2.68. The fourth-order valence-electron chi connectivity index (χ4n) is 2.89. The van der Waals surface area contributed by atoms with E-state index in [1.807, 2.05) is 49.4 Å². The molecule has 1 heterocycles. The molecule has 0 radical (unpaired) electrons. The summed E-state index contributed by atoms with van der Waals surface area (Å²) in [4.78, 5) is 18.9. The van der Waals surface area contributed by atoms with Gasteiger partial charge in [0.2, 0.25) is 0 Å². The Morgan fingerprint density at radius 3 is 2.58 bits per heavy atom. The van der Waals surface area contributed by atoms with Crippen molar-refractivity contribution in [2.75, 3.05) is 16.8 Å². The molecule has 0 saturated heterocycles. The van der Waals surface area contributed by atoms with Crippen molar-refractivity contribution in [2.24, 2.45) is 0 Å². The minimum atomic E-state index is -0.0506. The van der Waals surface area contributed by atoms with Crippen molar-refractivity contribution in [1.29, 1.82) is 0 Å². The normalized spacial score (nSPS) is 10.4. The average molecular weight is 345 g/mol. The van der Waals surface area contributed by atoms with Gasteiger partial charge in [-0.05, 0) is 37.6 Å². The molecule has 0 saturated carbocycles. The van der Waals surface area contributed by atoms with Gasteiger partial charge in [-0.3, -0.25) is 9.78 Å². The smallest absolute Gasteiger partial charge is 0.259 e. The number of nitrogens with zero attached hydrogens (tertiary/aromatic N) is 2. The van der Waals surface area contributed by atoms with Crippen molar-refractivity contribution in [3.63, 3.8) is 0 Å². The van der Waals surface area contributed by atoms with Gasteiger partial charge >= 0.3 is 0 Å². The Morgan fingerprint density at radius 2 is 1.85 bits per heavy atom. The van der Waals surface area contributed by atoms with Crippen LogP contribution in [0.2, 0.25) is 0 Å². The maximum atomic E-state index is 12.9. The van der Waals surface area contributed by atoms with E-state index in [0.29, 0.717) is 18.7 Å². The minimum absolute atomic E-state index is 0.0506. The predicted octanol–water partition coefficient (Wildman–Crippen LogP) is 4.67. The maximum absolute atomic E-state index is 12.9. The first-order chi connectivity index (χ1) is 12.7. The SMILES string of the molecule is CCN(C(=O)c1cncc(NCc2cccc(C)c2)c1)c1ccccc1. The quantitative estimate of drug-likeness (QED) is 0.706. The zero-order valence-corrected chi connectivity index (χ0v) is 15.1. The van der Waals surface area contributed by atoms with Crippen LogP contribution in [0.3, 0.4) is 0 Å². The number of amides is 1. The minimum Gasteiger partial charge on any atom is -0.380 e. The lowest BCUT2D eigenvalue weighted by molar-refractivity contribution is 0.0988. The maximum Gasteiger partial charge on any atom is 0.259 e. The molecule has 1 aromatic heterocycles. The van der Waals surface area contributed by atoms with Gasteiger partial charge in [0.1, 0.15) is 0 Å². The molecule has 0 aliphatic heterocycles. The number of carbonyl (C=O) groups excluding carboxylic acids is 1. The number of anilines is 2. The van der Waals surface area contributed by atoms with Crippen LogP contribution in [-0.4, -0.2) is 17.4 Å². The summed E-state index contributed by atoms with van der Waals surface area (Å²) in [6, 6.07) is 19.9. The zero-order valence-electron chi connectivity index (χ0n) is 15.1. The number of aryl methyl sites for hydroxylation is 1. The second kappa shape index (κ2) is 8.30. The third kappa shape index (κ3) is 4.28. The molecule has 0 spiro atoms. The summed E-state index contributed by atoms with van der Waals surface area (Å²) in [6.07, 6.45) is 3.36. The summed E-state index contributed by atoms with van der Waals surface area (Å²) in [6.45, 7) is 5.34. The first-order valence-corrected chi connectivity index (χ1v) is 8.78. The van der Waals surface area contributed by atoms with Crippen LogP contribution in [0.5, 0.6) is 0 Å². The van der Waals surface area contributed by atoms with Crippen LogP contribution in [-0.2, 0) is 6.54 Å². The molecule has 26 heavy (non-hydrogen) atoms. The van der Waals surface area contributed by atoms with E-state index in [4.69, 9.17) is 0 Å². The van der Waals surface area contributed by atoms with Gasteiger partial charge in [-0.1, -0.05) is 48.0 Å². The monoisotopic (exact) mass is 345 g/mol. The van der Waals surface area contributed by atoms with E-state index in [-0.39, 0.29) is 5.91 Å². The summed E-state index contributed by atoms with van der Waals surface area (Å²) in [5.41, 5.74) is 4.72. The molecule has 3 rings (SSSR count). The standard InChI is InChI=1S/C22H23N3O/c1-3-25(21-10-5-4-6-11-21)22(26)19-13-20(16-23-15-19)24-14-18-9-7-8-17(2)12-18/h4-13,15-16,24H,3,14H2,1-2H3. The van der Waals surface area contributed by atoms with Gasteiger partial charge in [0, 0.05) is 31.2 Å². The fourth-order valence-corrected chi connectivity index (χ4v) is 2.89.